The number of ketones is 1. The summed E-state index contributed by atoms with van der Waals surface area (Å²) in [5, 5.41) is 30.4. The Labute approximate surface area is 480 Å². The molecule has 4 fully saturated rings. The van der Waals surface area contributed by atoms with Crippen LogP contribution in [0.15, 0.2) is 113 Å². The first-order valence-corrected chi connectivity index (χ1v) is 29.5. The minimum absolute atomic E-state index is 0.109. The normalized spacial score (nSPS) is 17.8. The van der Waals surface area contributed by atoms with E-state index >= 15 is 0 Å². The Hall–Kier alpha value is -5.09. The highest BCUT2D eigenvalue weighted by molar-refractivity contribution is 5.87. The van der Waals surface area contributed by atoms with Gasteiger partial charge in [-0.25, -0.2) is 4.74 Å². The molecule has 0 heterocycles. The number of hydroxylamine groups is 2. The van der Waals surface area contributed by atoms with Crippen LogP contribution in [0.1, 0.15) is 239 Å². The summed E-state index contributed by atoms with van der Waals surface area (Å²) in [6, 6.07) is 27.7. The van der Waals surface area contributed by atoms with Crippen LogP contribution in [-0.2, 0) is 4.79 Å². The fraction of sp³-hybridized carbons (Fsp3) is 0.614. The van der Waals surface area contributed by atoms with Crippen molar-refractivity contribution in [2.75, 3.05) is 21.1 Å². The fourth-order valence-corrected chi connectivity index (χ4v) is 6.42. The predicted octanol–water partition coefficient (Wildman–Crippen LogP) is 22.6. The van der Waals surface area contributed by atoms with Gasteiger partial charge in [-0.15, -0.1) is 4.86 Å². The molecule has 77 heavy (non-hydrogen) atoms. The summed E-state index contributed by atoms with van der Waals surface area (Å²) in [6.07, 6.45) is 23.5. The van der Waals surface area contributed by atoms with Gasteiger partial charge in [0.2, 0.25) is 0 Å². The van der Waals surface area contributed by atoms with Crippen LogP contribution < -0.4 is 0 Å². The monoisotopic (exact) mass is 1070 g/mol. The molecule has 3 aromatic rings. The molecular formula is C70H126N4O3. The van der Waals surface area contributed by atoms with Crippen LogP contribution in [0.3, 0.4) is 0 Å². The minimum Gasteiger partial charge on any atom is -0.624 e. The molecule has 0 radical (unpaired) electrons. The van der Waals surface area contributed by atoms with Crippen molar-refractivity contribution in [3.8, 4) is 17.2 Å². The van der Waals surface area contributed by atoms with Gasteiger partial charge in [0.05, 0.1) is 13.1 Å². The highest BCUT2D eigenvalue weighted by atomic mass is 16.5. The standard InChI is InChI=1S/C14H14.C10H18.C8H16.C8H10.C5H7N.C5H8O.C5H10.C3H7NO.C2H6N2O.5C2H6/c1-11-3-7-13(8-4-11)14-9-5-12(2)6-10-14;1-9-3-6-10(2,7-4-9)8-5-9;2*1-7-3-5-8(2)6-4-7;1-3-5(2)4-6;1-3-4-5(2)6;1-4-5(2)3;2*1-3-4(2)5;5*1-2/h3-10H,1-2H3;3-8H2,1-2H3;7-8H,3-6H2,1-2H3;3-6H,1-2H3;3H,1-2H3;3-4H,1-2H3;4H,1-3H3;3H,1-2H3;1-2H3;5*1-2H3/b;;;;5-3+;;;;;;;;;. The molecule has 4 saturated carbocycles. The first-order valence-electron chi connectivity index (χ1n) is 29.5. The van der Waals surface area contributed by atoms with Crippen LogP contribution in [0.4, 0.5) is 0 Å². The Morgan fingerprint density at radius 1 is 0.558 bits per heavy atom. The van der Waals surface area contributed by atoms with Gasteiger partial charge in [0.15, 0.2) is 12.8 Å². The number of hydrogen-bond donors (Lipinski definition) is 0. The van der Waals surface area contributed by atoms with Crippen LogP contribution in [0.5, 0.6) is 0 Å². The molecular weight excluding hydrogens is 945 g/mol. The number of nitriles is 1. The predicted molar refractivity (Wildman–Crippen MR) is 350 cm³/mol. The average Bonchev–Trinajstić information content (AvgIpc) is 3.45. The quantitative estimate of drug-likeness (QED) is 0.0372. The van der Waals surface area contributed by atoms with Gasteiger partial charge in [0.1, 0.15) is 13.3 Å². The van der Waals surface area contributed by atoms with Gasteiger partial charge in [-0.2, -0.15) is 5.26 Å². The van der Waals surface area contributed by atoms with Crippen LogP contribution in [0, 0.1) is 72.1 Å². The summed E-state index contributed by atoms with van der Waals surface area (Å²) < 4.78 is 0.750. The van der Waals surface area contributed by atoms with Crippen LogP contribution >= 0.6 is 0 Å². The number of allylic oxidation sites excluding steroid dienone is 6. The number of hydrogen-bond acceptors (Lipinski definition) is 5. The molecule has 0 saturated heterocycles. The lowest BCUT2D eigenvalue weighted by Crippen LogP contribution is -2.37. The van der Waals surface area contributed by atoms with Crippen molar-refractivity contribution in [2.24, 2.45) is 27.8 Å². The second kappa shape index (κ2) is 61.8. The average molecular weight is 1070 g/mol. The van der Waals surface area contributed by atoms with E-state index in [0.717, 1.165) is 33.0 Å². The van der Waals surface area contributed by atoms with E-state index in [-0.39, 0.29) is 5.78 Å². The highest BCUT2D eigenvalue weighted by Crippen LogP contribution is 2.56. The van der Waals surface area contributed by atoms with Gasteiger partial charge in [-0.1, -0.05) is 241 Å². The third kappa shape index (κ3) is 63.3. The summed E-state index contributed by atoms with van der Waals surface area (Å²) in [4.78, 5) is 10.5. The van der Waals surface area contributed by atoms with E-state index in [1.54, 1.807) is 26.0 Å². The SMILES string of the molecule is C/C=C(\C)C#N.CC.CC.CC.CC.CC.CC12CCC(C)(CC1)CC2.CC1CCC(C)CC1.CC=C(C)C.CC=CC(C)=O.CC=[N+](C)[O-].CN=[N+](C)[O-].Cc1ccc(-c2ccc(C)cc2)cc1.Cc1ccc(C)cc1. The van der Waals surface area contributed by atoms with Crippen molar-refractivity contribution in [1.82, 2.24) is 0 Å². The zero-order valence-corrected chi connectivity index (χ0v) is 56.1. The molecule has 0 N–H and O–H groups in total. The van der Waals surface area contributed by atoms with Gasteiger partial charge in [0.25, 0.3) is 0 Å². The molecule has 7 heteroatoms. The third-order valence-corrected chi connectivity index (χ3v) is 12.2. The third-order valence-electron chi connectivity index (χ3n) is 12.2. The Balaban J connectivity index is -0.000000116. The zero-order valence-electron chi connectivity index (χ0n) is 56.1. The van der Waals surface area contributed by atoms with Gasteiger partial charge in [-0.05, 0) is 160 Å². The molecule has 0 aromatic heterocycles. The smallest absolute Gasteiger partial charge is 0.171 e. The van der Waals surface area contributed by atoms with Crippen LogP contribution in [0.2, 0.25) is 0 Å². The number of aryl methyl sites for hydroxylation is 4. The Kier molecular flexibility index (Phi) is 71.0. The van der Waals surface area contributed by atoms with E-state index in [2.05, 4.69) is 153 Å². The summed E-state index contributed by atoms with van der Waals surface area (Å²) in [5.74, 6) is 2.15. The molecule has 3 aromatic carbocycles. The topological polar surface area (TPSA) is 105 Å². The van der Waals surface area contributed by atoms with Crippen molar-refractivity contribution in [2.45, 2.75) is 244 Å². The first-order chi connectivity index (χ1) is 36.3. The minimum atomic E-state index is 0.109. The maximum absolute atomic E-state index is 9.96. The molecule has 4 aliphatic rings. The summed E-state index contributed by atoms with van der Waals surface area (Å²) in [5.41, 5.74) is 11.5. The van der Waals surface area contributed by atoms with E-state index in [9.17, 15) is 15.2 Å². The molecule has 444 valence electrons. The fourth-order valence-electron chi connectivity index (χ4n) is 6.42. The number of fused-ring (bicyclic) bond motifs is 3. The van der Waals surface area contributed by atoms with Gasteiger partial charge >= 0.3 is 0 Å². The molecule has 0 unspecified atom stereocenters. The first kappa shape index (κ1) is 88.5. The van der Waals surface area contributed by atoms with Crippen LogP contribution in [-0.4, -0.2) is 42.7 Å². The highest BCUT2D eigenvalue weighted by Gasteiger charge is 2.43. The number of carbonyl (C=O) groups is 1. The lowest BCUT2D eigenvalue weighted by molar-refractivity contribution is -0.497. The van der Waals surface area contributed by atoms with E-state index in [0.29, 0.717) is 4.86 Å². The van der Waals surface area contributed by atoms with Gasteiger partial charge < -0.3 is 10.4 Å². The van der Waals surface area contributed by atoms with Crippen LogP contribution in [0.25, 0.3) is 11.1 Å². The second-order valence-corrected chi connectivity index (χ2v) is 19.4. The summed E-state index contributed by atoms with van der Waals surface area (Å²) >= 11 is 0. The maximum Gasteiger partial charge on any atom is 0.171 e. The number of azo groups is 1. The Bertz CT molecular complexity index is 1750. The van der Waals surface area contributed by atoms with E-state index < -0.39 is 0 Å². The molecule has 0 spiro atoms. The Morgan fingerprint density at radius 3 is 0.896 bits per heavy atom. The van der Waals surface area contributed by atoms with Crippen molar-refractivity contribution in [3.05, 3.63) is 141 Å². The second-order valence-electron chi connectivity index (χ2n) is 19.4. The van der Waals surface area contributed by atoms with E-state index in [1.165, 1.54) is 144 Å². The maximum atomic E-state index is 9.96. The summed E-state index contributed by atoms with van der Waals surface area (Å²) in [7, 11) is 4.22. The van der Waals surface area contributed by atoms with Gasteiger partial charge in [-0.3, -0.25) is 4.79 Å². The lowest BCUT2D eigenvalue weighted by atomic mass is 9.55. The van der Waals surface area contributed by atoms with Crippen molar-refractivity contribution >= 4 is 12.0 Å². The molecule has 7 rings (SSSR count). The summed E-state index contributed by atoms with van der Waals surface area (Å²) in [6.45, 7) is 53.0. The van der Waals surface area contributed by atoms with E-state index in [4.69, 9.17) is 5.26 Å². The van der Waals surface area contributed by atoms with Crippen molar-refractivity contribution in [1.29, 1.82) is 5.26 Å². The van der Waals surface area contributed by atoms with Crippen molar-refractivity contribution in [3.63, 3.8) is 0 Å². The zero-order chi connectivity index (χ0) is 62.0. The molecule has 7 nitrogen and oxygen atoms in total. The number of carbonyl (C=O) groups excluding carboxylic acids is 1. The van der Waals surface area contributed by atoms with Gasteiger partial charge in [0, 0.05) is 12.5 Å². The molecule has 2 bridgehead atoms. The molecule has 4 aliphatic carbocycles. The van der Waals surface area contributed by atoms with Crippen molar-refractivity contribution < 1.29 is 14.4 Å². The number of rotatable bonds is 2. The largest absolute Gasteiger partial charge is 0.624 e. The molecule has 0 amide bonds. The molecule has 0 atom stereocenters. The lowest BCUT2D eigenvalue weighted by Gasteiger charge is -2.50. The van der Waals surface area contributed by atoms with E-state index in [1.807, 2.05) is 96.1 Å². The Morgan fingerprint density at radius 2 is 0.779 bits per heavy atom. The number of nitrogens with zero attached hydrogens (tertiary/aromatic N) is 4. The molecule has 0 aliphatic heterocycles. The number of benzene rings is 3.